The molecule has 1 aromatic rings. The Morgan fingerprint density at radius 3 is 2.79 bits per heavy atom. The van der Waals surface area contributed by atoms with Gasteiger partial charge in [0.15, 0.2) is 0 Å². The molecule has 0 amide bonds. The van der Waals surface area contributed by atoms with Crippen LogP contribution in [0.3, 0.4) is 0 Å². The van der Waals surface area contributed by atoms with Gasteiger partial charge in [0.1, 0.15) is 0 Å². The third-order valence-electron chi connectivity index (χ3n) is 2.57. The van der Waals surface area contributed by atoms with Crippen molar-refractivity contribution in [2.45, 2.75) is 39.7 Å². The number of hydrogen-bond acceptors (Lipinski definition) is 2. The summed E-state index contributed by atoms with van der Waals surface area (Å²) in [6.07, 6.45) is 7.59. The lowest BCUT2D eigenvalue weighted by Gasteiger charge is -2.11. The highest BCUT2D eigenvalue weighted by atomic mass is 15.3. The summed E-state index contributed by atoms with van der Waals surface area (Å²) in [5.41, 5.74) is 7.03. The van der Waals surface area contributed by atoms with E-state index in [1.807, 2.05) is 10.9 Å². The summed E-state index contributed by atoms with van der Waals surface area (Å²) in [7, 11) is 0. The summed E-state index contributed by atoms with van der Waals surface area (Å²) >= 11 is 0. The molecule has 80 valence electrons. The fourth-order valence-electron chi connectivity index (χ4n) is 1.73. The zero-order valence-electron chi connectivity index (χ0n) is 9.24. The van der Waals surface area contributed by atoms with Crippen molar-refractivity contribution in [3.8, 4) is 0 Å². The molecule has 0 aliphatic heterocycles. The molecule has 3 nitrogen and oxygen atoms in total. The summed E-state index contributed by atoms with van der Waals surface area (Å²) in [6, 6.07) is 0. The van der Waals surface area contributed by atoms with Crippen LogP contribution in [0.15, 0.2) is 12.4 Å². The molecule has 0 radical (unpaired) electrons. The Balaban J connectivity index is 2.48. The van der Waals surface area contributed by atoms with E-state index in [2.05, 4.69) is 25.1 Å². The SMILES string of the molecule is CCCC(CN)Cc1cnn(CC)c1. The van der Waals surface area contributed by atoms with E-state index in [1.165, 1.54) is 18.4 Å². The number of nitrogens with two attached hydrogens (primary N) is 1. The highest BCUT2D eigenvalue weighted by Crippen LogP contribution is 2.12. The minimum absolute atomic E-state index is 0.620. The summed E-state index contributed by atoms with van der Waals surface area (Å²) in [5, 5.41) is 4.26. The van der Waals surface area contributed by atoms with E-state index in [4.69, 9.17) is 5.73 Å². The summed E-state index contributed by atoms with van der Waals surface area (Å²) in [4.78, 5) is 0. The molecule has 14 heavy (non-hydrogen) atoms. The first kappa shape index (κ1) is 11.2. The third kappa shape index (κ3) is 3.14. The van der Waals surface area contributed by atoms with Gasteiger partial charge in [-0.05, 0) is 37.8 Å². The van der Waals surface area contributed by atoms with Gasteiger partial charge in [-0.1, -0.05) is 13.3 Å². The van der Waals surface area contributed by atoms with Crippen molar-refractivity contribution in [1.29, 1.82) is 0 Å². The van der Waals surface area contributed by atoms with Gasteiger partial charge in [0.2, 0.25) is 0 Å². The molecule has 0 spiro atoms. The maximum absolute atomic E-state index is 5.72. The van der Waals surface area contributed by atoms with E-state index in [0.717, 1.165) is 19.5 Å². The van der Waals surface area contributed by atoms with Gasteiger partial charge in [-0.25, -0.2) is 0 Å². The predicted molar refractivity (Wildman–Crippen MR) is 59.1 cm³/mol. The van der Waals surface area contributed by atoms with Crippen LogP contribution in [0.1, 0.15) is 32.3 Å². The molecule has 0 bridgehead atoms. The van der Waals surface area contributed by atoms with Crippen LogP contribution in [0.25, 0.3) is 0 Å². The normalized spacial score (nSPS) is 13.1. The van der Waals surface area contributed by atoms with E-state index in [1.54, 1.807) is 0 Å². The van der Waals surface area contributed by atoms with E-state index < -0.39 is 0 Å². The first-order valence-electron chi connectivity index (χ1n) is 5.51. The van der Waals surface area contributed by atoms with Crippen molar-refractivity contribution < 1.29 is 0 Å². The average molecular weight is 195 g/mol. The Hall–Kier alpha value is -0.830. The van der Waals surface area contributed by atoms with Crippen LogP contribution >= 0.6 is 0 Å². The molecule has 1 atom stereocenters. The zero-order valence-corrected chi connectivity index (χ0v) is 9.24. The molecule has 1 aromatic heterocycles. The summed E-state index contributed by atoms with van der Waals surface area (Å²) < 4.78 is 1.97. The van der Waals surface area contributed by atoms with Crippen LogP contribution in [0.5, 0.6) is 0 Å². The maximum atomic E-state index is 5.72. The monoisotopic (exact) mass is 195 g/mol. The van der Waals surface area contributed by atoms with Gasteiger partial charge < -0.3 is 5.73 Å². The van der Waals surface area contributed by atoms with E-state index in [9.17, 15) is 0 Å². The highest BCUT2D eigenvalue weighted by molar-refractivity contribution is 5.05. The smallest absolute Gasteiger partial charge is 0.0521 e. The Morgan fingerprint density at radius 2 is 2.29 bits per heavy atom. The summed E-state index contributed by atoms with van der Waals surface area (Å²) in [5.74, 6) is 0.620. The van der Waals surface area contributed by atoms with E-state index >= 15 is 0 Å². The van der Waals surface area contributed by atoms with Gasteiger partial charge in [0, 0.05) is 12.7 Å². The van der Waals surface area contributed by atoms with Crippen molar-refractivity contribution >= 4 is 0 Å². The maximum Gasteiger partial charge on any atom is 0.0521 e. The number of rotatable bonds is 6. The molecular formula is C11H21N3. The van der Waals surface area contributed by atoms with E-state index in [-0.39, 0.29) is 0 Å². The molecule has 0 fully saturated rings. The second kappa shape index (κ2) is 5.81. The molecule has 2 N–H and O–H groups in total. The molecule has 0 aliphatic rings. The number of hydrogen-bond donors (Lipinski definition) is 1. The molecule has 0 saturated carbocycles. The van der Waals surface area contributed by atoms with Crippen molar-refractivity contribution in [2.24, 2.45) is 11.7 Å². The Morgan fingerprint density at radius 1 is 1.50 bits per heavy atom. The second-order valence-corrected chi connectivity index (χ2v) is 3.80. The van der Waals surface area contributed by atoms with Gasteiger partial charge in [-0.3, -0.25) is 4.68 Å². The van der Waals surface area contributed by atoms with Crippen LogP contribution in [-0.4, -0.2) is 16.3 Å². The van der Waals surface area contributed by atoms with Crippen LogP contribution < -0.4 is 5.73 Å². The van der Waals surface area contributed by atoms with Crippen LogP contribution in [0.4, 0.5) is 0 Å². The van der Waals surface area contributed by atoms with Crippen LogP contribution in [0.2, 0.25) is 0 Å². The number of nitrogens with zero attached hydrogens (tertiary/aromatic N) is 2. The van der Waals surface area contributed by atoms with Gasteiger partial charge in [-0.15, -0.1) is 0 Å². The quantitative estimate of drug-likeness (QED) is 0.752. The Bertz CT molecular complexity index is 255. The molecule has 0 aliphatic carbocycles. The molecule has 0 saturated heterocycles. The number of aryl methyl sites for hydroxylation is 1. The summed E-state index contributed by atoms with van der Waals surface area (Å²) in [6.45, 7) is 6.04. The molecule has 3 heteroatoms. The van der Waals surface area contributed by atoms with Crippen molar-refractivity contribution in [3.63, 3.8) is 0 Å². The predicted octanol–water partition coefficient (Wildman–Crippen LogP) is 1.82. The molecule has 1 rings (SSSR count). The third-order valence-corrected chi connectivity index (χ3v) is 2.57. The van der Waals surface area contributed by atoms with Crippen LogP contribution in [-0.2, 0) is 13.0 Å². The standard InChI is InChI=1S/C11H21N3/c1-3-5-10(7-12)6-11-8-13-14(4-2)9-11/h8-10H,3-7,12H2,1-2H3. The Labute approximate surface area is 86.3 Å². The second-order valence-electron chi connectivity index (χ2n) is 3.80. The van der Waals surface area contributed by atoms with Crippen molar-refractivity contribution in [1.82, 2.24) is 9.78 Å². The molecule has 0 aromatic carbocycles. The lowest BCUT2D eigenvalue weighted by molar-refractivity contribution is 0.487. The van der Waals surface area contributed by atoms with E-state index in [0.29, 0.717) is 5.92 Å². The largest absolute Gasteiger partial charge is 0.330 e. The number of aromatic nitrogens is 2. The van der Waals surface area contributed by atoms with Gasteiger partial charge in [0.05, 0.1) is 6.20 Å². The first-order chi connectivity index (χ1) is 6.80. The minimum atomic E-state index is 0.620. The average Bonchev–Trinajstić information content (AvgIpc) is 2.65. The fourth-order valence-corrected chi connectivity index (χ4v) is 1.73. The van der Waals surface area contributed by atoms with Crippen LogP contribution in [0, 0.1) is 5.92 Å². The minimum Gasteiger partial charge on any atom is -0.330 e. The van der Waals surface area contributed by atoms with Gasteiger partial charge in [-0.2, -0.15) is 5.10 Å². The van der Waals surface area contributed by atoms with Crippen molar-refractivity contribution in [2.75, 3.05) is 6.54 Å². The fraction of sp³-hybridized carbons (Fsp3) is 0.727. The highest BCUT2D eigenvalue weighted by Gasteiger charge is 2.07. The zero-order chi connectivity index (χ0) is 10.4. The molecule has 1 heterocycles. The first-order valence-corrected chi connectivity index (χ1v) is 5.51. The van der Waals surface area contributed by atoms with Gasteiger partial charge >= 0.3 is 0 Å². The topological polar surface area (TPSA) is 43.8 Å². The lowest BCUT2D eigenvalue weighted by atomic mass is 9.97. The lowest BCUT2D eigenvalue weighted by Crippen LogP contribution is -2.16. The molecule has 1 unspecified atom stereocenters. The van der Waals surface area contributed by atoms with Crippen molar-refractivity contribution in [3.05, 3.63) is 18.0 Å². The van der Waals surface area contributed by atoms with Gasteiger partial charge in [0.25, 0.3) is 0 Å². The molecular weight excluding hydrogens is 174 g/mol. The Kier molecular flexibility index (Phi) is 4.66.